The second-order valence-electron chi connectivity index (χ2n) is 12.3. The maximum atomic E-state index is 11.7. The molecule has 0 unspecified atom stereocenters. The van der Waals surface area contributed by atoms with Crippen LogP contribution in [0.3, 0.4) is 0 Å². The van der Waals surface area contributed by atoms with Gasteiger partial charge < -0.3 is 13.7 Å². The van der Waals surface area contributed by atoms with E-state index in [0.29, 0.717) is 51.3 Å². The molecular formula is C31H37N15O8. The SMILES string of the molecule is Cn1c(=O)c2c(ncn2C)n(C)c1=O.Cn1c(=O)c2c(ncn2C)n(C)c1=O.Cn1c2c(c(=O)n(C)c1=O)CC=N2.Cn1cnc2c1c(=O)[nH]c(=O)n2C. The van der Waals surface area contributed by atoms with Gasteiger partial charge in [-0.15, -0.1) is 0 Å². The zero-order valence-corrected chi connectivity index (χ0v) is 31.0. The minimum atomic E-state index is -0.448. The first-order chi connectivity index (χ1) is 25.3. The third kappa shape index (κ3) is 6.19. The topological polar surface area (TPSA) is 253 Å². The maximum Gasteiger partial charge on any atom is 0.332 e. The Labute approximate surface area is 300 Å². The minimum absolute atomic E-state index is 0.240. The number of fused-ring (bicyclic) bond motifs is 4. The second kappa shape index (κ2) is 14.1. The Morgan fingerprint density at radius 1 is 0.481 bits per heavy atom. The highest BCUT2D eigenvalue weighted by Crippen LogP contribution is 2.17. The Morgan fingerprint density at radius 3 is 1.33 bits per heavy atom. The molecule has 23 heteroatoms. The van der Waals surface area contributed by atoms with E-state index in [0.717, 1.165) is 13.7 Å². The number of rotatable bonds is 0. The van der Waals surface area contributed by atoms with Crippen molar-refractivity contribution in [2.45, 2.75) is 6.42 Å². The van der Waals surface area contributed by atoms with Crippen LogP contribution in [0.5, 0.6) is 0 Å². The number of H-pyrrole nitrogens is 1. The summed E-state index contributed by atoms with van der Waals surface area (Å²) in [6, 6.07) is 0. The lowest BCUT2D eigenvalue weighted by molar-refractivity contribution is 0.682. The van der Waals surface area contributed by atoms with Crippen LogP contribution in [0, 0.1) is 0 Å². The summed E-state index contributed by atoms with van der Waals surface area (Å²) in [6.07, 6.45) is 6.71. The number of hydrogen-bond acceptors (Lipinski definition) is 12. The van der Waals surface area contributed by atoms with E-state index in [-0.39, 0.29) is 33.7 Å². The molecule has 0 amide bonds. The van der Waals surface area contributed by atoms with Gasteiger partial charge in [-0.1, -0.05) is 0 Å². The van der Waals surface area contributed by atoms with E-state index in [9.17, 15) is 38.4 Å². The molecule has 7 aromatic heterocycles. The fourth-order valence-corrected chi connectivity index (χ4v) is 5.67. The predicted molar refractivity (Wildman–Crippen MR) is 198 cm³/mol. The smallest absolute Gasteiger partial charge is 0.328 e. The third-order valence-corrected chi connectivity index (χ3v) is 8.84. The van der Waals surface area contributed by atoms with Crippen LogP contribution in [-0.4, -0.2) is 71.8 Å². The van der Waals surface area contributed by atoms with Gasteiger partial charge in [0.15, 0.2) is 33.5 Å². The molecule has 0 bridgehead atoms. The van der Waals surface area contributed by atoms with Gasteiger partial charge in [0.05, 0.1) is 24.5 Å². The average Bonchev–Trinajstić information content (AvgIpc) is 3.96. The fraction of sp³-hybridized carbons (Fsp3) is 0.355. The molecule has 0 saturated heterocycles. The van der Waals surface area contributed by atoms with Gasteiger partial charge in [0.2, 0.25) is 0 Å². The van der Waals surface area contributed by atoms with Gasteiger partial charge in [0.1, 0.15) is 5.82 Å². The molecule has 1 N–H and O–H groups in total. The fourth-order valence-electron chi connectivity index (χ4n) is 5.67. The van der Waals surface area contributed by atoms with Crippen molar-refractivity contribution < 1.29 is 0 Å². The first-order valence-corrected chi connectivity index (χ1v) is 15.9. The molecule has 0 radical (unpaired) electrons. The van der Waals surface area contributed by atoms with E-state index < -0.39 is 11.2 Å². The highest BCUT2D eigenvalue weighted by atomic mass is 16.2. The minimum Gasteiger partial charge on any atom is -0.328 e. The number of imidazole rings is 3. The normalized spacial score (nSPS) is 11.6. The molecule has 0 aromatic carbocycles. The lowest BCUT2D eigenvalue weighted by Gasteiger charge is -2.05. The number of aryl methyl sites for hydroxylation is 6. The summed E-state index contributed by atoms with van der Waals surface area (Å²) in [5.74, 6) is 0.494. The van der Waals surface area contributed by atoms with Crippen molar-refractivity contribution >= 4 is 45.5 Å². The molecule has 284 valence electrons. The Kier molecular flexibility index (Phi) is 9.92. The van der Waals surface area contributed by atoms with Gasteiger partial charge >= 0.3 is 22.8 Å². The number of aliphatic imine (C=N–C) groups is 1. The Morgan fingerprint density at radius 2 is 0.870 bits per heavy atom. The zero-order chi connectivity index (χ0) is 40.1. The molecular weight excluding hydrogens is 710 g/mol. The first kappa shape index (κ1) is 38.0. The van der Waals surface area contributed by atoms with Crippen molar-refractivity contribution in [2.24, 2.45) is 75.5 Å². The van der Waals surface area contributed by atoms with Crippen LogP contribution in [0.4, 0.5) is 5.82 Å². The summed E-state index contributed by atoms with van der Waals surface area (Å²) < 4.78 is 13.5. The van der Waals surface area contributed by atoms with Crippen LogP contribution in [0.15, 0.2) is 62.3 Å². The van der Waals surface area contributed by atoms with Crippen molar-refractivity contribution in [2.75, 3.05) is 0 Å². The number of hydrogen-bond donors (Lipinski definition) is 1. The van der Waals surface area contributed by atoms with E-state index in [4.69, 9.17) is 0 Å². The van der Waals surface area contributed by atoms with Gasteiger partial charge in [-0.05, 0) is 0 Å². The van der Waals surface area contributed by atoms with E-state index in [1.165, 1.54) is 58.4 Å². The van der Waals surface area contributed by atoms with Crippen LogP contribution in [0.2, 0.25) is 0 Å². The molecule has 7 aromatic rings. The standard InChI is InChI=1S/2C8H10N4O2.C8H9N3O2.C7H8N4O2/c2*1-10-4-9-6-5(10)7(13)12(3)8(14)11(6)2;1-10-6-5(3-4-9-6)7(12)11(2)8(10)13;1-10-3-8-5-4(10)6(12)9-7(13)11(5)2/h2*4H,1-3H3;4H,3H2,1-2H3;3H,1-2H3,(H,9,12,13). The molecule has 0 spiro atoms. The Hall–Kier alpha value is -7.20. The van der Waals surface area contributed by atoms with Gasteiger partial charge in [0.25, 0.3) is 22.2 Å². The molecule has 1 aliphatic heterocycles. The lowest BCUT2D eigenvalue weighted by Crippen LogP contribution is -2.38. The molecule has 54 heavy (non-hydrogen) atoms. The summed E-state index contributed by atoms with van der Waals surface area (Å²) in [5, 5.41) is 0. The van der Waals surface area contributed by atoms with Gasteiger partial charge in [-0.2, -0.15) is 0 Å². The number of nitrogens with zero attached hydrogens (tertiary/aromatic N) is 14. The van der Waals surface area contributed by atoms with Crippen molar-refractivity contribution in [1.82, 2.24) is 65.6 Å². The number of aromatic amines is 1. The summed E-state index contributed by atoms with van der Waals surface area (Å²) in [4.78, 5) is 110. The molecule has 23 nitrogen and oxygen atoms in total. The molecule has 8 heterocycles. The lowest BCUT2D eigenvalue weighted by atomic mass is 10.2. The largest absolute Gasteiger partial charge is 0.332 e. The molecule has 8 rings (SSSR count). The predicted octanol–water partition coefficient (Wildman–Crippen LogP) is -3.76. The van der Waals surface area contributed by atoms with Crippen LogP contribution < -0.4 is 45.0 Å². The number of nitrogens with one attached hydrogen (secondary N) is 1. The van der Waals surface area contributed by atoms with E-state index >= 15 is 0 Å². The monoisotopic (exact) mass is 747 g/mol. The Balaban J connectivity index is 0.000000139. The van der Waals surface area contributed by atoms with Gasteiger partial charge in [0, 0.05) is 83.1 Å². The first-order valence-electron chi connectivity index (χ1n) is 15.9. The van der Waals surface area contributed by atoms with Crippen molar-refractivity contribution in [3.8, 4) is 0 Å². The number of aromatic nitrogens is 14. The van der Waals surface area contributed by atoms with Crippen molar-refractivity contribution in [3.63, 3.8) is 0 Å². The second-order valence-corrected chi connectivity index (χ2v) is 12.3. The van der Waals surface area contributed by atoms with Gasteiger partial charge in [-0.25, -0.2) is 39.1 Å². The molecule has 1 aliphatic rings. The van der Waals surface area contributed by atoms with Gasteiger partial charge in [-0.3, -0.25) is 56.1 Å². The maximum absolute atomic E-state index is 11.7. The van der Waals surface area contributed by atoms with Crippen LogP contribution in [0.1, 0.15) is 5.56 Å². The molecule has 0 saturated carbocycles. The highest BCUT2D eigenvalue weighted by molar-refractivity contribution is 5.73. The Bertz CT molecular complexity index is 3050. The van der Waals surface area contributed by atoms with Crippen molar-refractivity contribution in [3.05, 3.63) is 108 Å². The quantitative estimate of drug-likeness (QED) is 0.158. The van der Waals surface area contributed by atoms with Crippen LogP contribution in [0.25, 0.3) is 33.5 Å². The van der Waals surface area contributed by atoms with Crippen LogP contribution >= 0.6 is 0 Å². The molecule has 0 fully saturated rings. The van der Waals surface area contributed by atoms with E-state index in [1.807, 2.05) is 0 Å². The summed E-state index contributed by atoms with van der Waals surface area (Å²) in [6.45, 7) is 0. The molecule has 0 atom stereocenters. The zero-order valence-electron chi connectivity index (χ0n) is 31.0. The summed E-state index contributed by atoms with van der Waals surface area (Å²) in [5.41, 5.74) is 0.342. The summed E-state index contributed by atoms with van der Waals surface area (Å²) in [7, 11) is 15.9. The van der Waals surface area contributed by atoms with E-state index in [2.05, 4.69) is 24.9 Å². The van der Waals surface area contributed by atoms with Crippen molar-refractivity contribution in [1.29, 1.82) is 0 Å². The van der Waals surface area contributed by atoms with Crippen LogP contribution in [-0.2, 0) is 76.9 Å². The average molecular weight is 748 g/mol. The third-order valence-electron chi connectivity index (χ3n) is 8.84. The van der Waals surface area contributed by atoms with E-state index in [1.54, 1.807) is 69.2 Å². The molecule has 0 aliphatic carbocycles. The highest BCUT2D eigenvalue weighted by Gasteiger charge is 2.17. The summed E-state index contributed by atoms with van der Waals surface area (Å²) >= 11 is 0.